The van der Waals surface area contributed by atoms with E-state index in [-0.39, 0.29) is 42.6 Å². The fourth-order valence-corrected chi connectivity index (χ4v) is 6.73. The van der Waals surface area contributed by atoms with Crippen LogP contribution in [0, 0.1) is 0 Å². The second kappa shape index (κ2) is 11.7. The summed E-state index contributed by atoms with van der Waals surface area (Å²) in [6.45, 7) is 1.79. The van der Waals surface area contributed by atoms with E-state index in [0.29, 0.717) is 43.7 Å². The number of anilines is 2. The number of rotatable bonds is 10. The summed E-state index contributed by atoms with van der Waals surface area (Å²) in [7, 11) is -5.64. The normalized spacial score (nSPS) is 18.9. The van der Waals surface area contributed by atoms with Gasteiger partial charge in [-0.3, -0.25) is 18.7 Å². The van der Waals surface area contributed by atoms with Crippen LogP contribution in [0.2, 0.25) is 0 Å². The van der Waals surface area contributed by atoms with Crippen LogP contribution >= 0.6 is 0 Å². The van der Waals surface area contributed by atoms with Crippen molar-refractivity contribution in [1.29, 1.82) is 0 Å². The Kier molecular flexibility index (Phi) is 8.74. The SMILES string of the molecule is CN(C(=O)COc1ccc(NS(C)(=O)=O)c2c1CCCN2S(C)(=O)=O)[C@H](CN1CC[C@H](O)C1)c1ccccc1. The molecule has 2 aromatic carbocycles. The summed E-state index contributed by atoms with van der Waals surface area (Å²) in [5, 5.41) is 9.97. The van der Waals surface area contributed by atoms with Gasteiger partial charge in [-0.05, 0) is 37.0 Å². The summed E-state index contributed by atoms with van der Waals surface area (Å²) in [6.07, 6.45) is 3.37. The molecule has 2 aliphatic rings. The number of β-amino-alcohol motifs (C(OH)–C–C–N with tert-alkyl or cyclic N) is 1. The number of aliphatic hydroxyl groups excluding tert-OH is 1. The minimum Gasteiger partial charge on any atom is -0.483 e. The Hall–Kier alpha value is -2.87. The smallest absolute Gasteiger partial charge is 0.260 e. The molecule has 4 rings (SSSR count). The van der Waals surface area contributed by atoms with Crippen molar-refractivity contribution in [3.63, 3.8) is 0 Å². The topological polar surface area (TPSA) is 137 Å². The number of likely N-dealkylation sites (tertiary alicyclic amines) is 1. The van der Waals surface area contributed by atoms with Gasteiger partial charge in [0.15, 0.2) is 6.61 Å². The molecule has 2 N–H and O–H groups in total. The van der Waals surface area contributed by atoms with Crippen LogP contribution in [-0.2, 0) is 31.3 Å². The number of fused-ring (bicyclic) bond motifs is 1. The molecule has 1 amide bonds. The van der Waals surface area contributed by atoms with Gasteiger partial charge in [0.05, 0.1) is 36.0 Å². The minimum absolute atomic E-state index is 0.144. The highest BCUT2D eigenvalue weighted by atomic mass is 32.2. The molecule has 0 aromatic heterocycles. The first-order valence-electron chi connectivity index (χ1n) is 12.8. The van der Waals surface area contributed by atoms with Crippen LogP contribution in [0.25, 0.3) is 0 Å². The predicted molar refractivity (Wildman–Crippen MR) is 150 cm³/mol. The van der Waals surface area contributed by atoms with Gasteiger partial charge in [-0.2, -0.15) is 0 Å². The molecular weight excluding hydrogens is 544 g/mol. The molecule has 2 heterocycles. The van der Waals surface area contributed by atoms with Crippen LogP contribution in [0.4, 0.5) is 11.4 Å². The molecule has 2 aliphatic heterocycles. The summed E-state index contributed by atoms with van der Waals surface area (Å²) in [4.78, 5) is 17.1. The van der Waals surface area contributed by atoms with Crippen LogP contribution in [0.5, 0.6) is 5.75 Å². The summed E-state index contributed by atoms with van der Waals surface area (Å²) in [5.74, 6) is 0.0598. The number of amides is 1. The third-order valence-electron chi connectivity index (χ3n) is 7.05. The van der Waals surface area contributed by atoms with Crippen LogP contribution in [0.1, 0.15) is 30.0 Å². The number of aliphatic hydroxyl groups is 1. The minimum atomic E-state index is -3.69. The van der Waals surface area contributed by atoms with Gasteiger partial charge in [0.1, 0.15) is 5.75 Å². The average Bonchev–Trinajstić information content (AvgIpc) is 3.29. The van der Waals surface area contributed by atoms with Crippen molar-refractivity contribution in [2.24, 2.45) is 0 Å². The summed E-state index contributed by atoms with van der Waals surface area (Å²) in [5.41, 5.74) is 1.86. The molecule has 0 aliphatic carbocycles. The lowest BCUT2D eigenvalue weighted by Crippen LogP contribution is -2.41. The molecule has 0 radical (unpaired) electrons. The zero-order chi connectivity index (χ0) is 28.4. The number of likely N-dealkylation sites (N-methyl/N-ethyl adjacent to an activating group) is 1. The molecule has 2 atom stereocenters. The first-order valence-corrected chi connectivity index (χ1v) is 16.5. The van der Waals surface area contributed by atoms with Crippen molar-refractivity contribution in [3.8, 4) is 5.75 Å². The van der Waals surface area contributed by atoms with Crippen LogP contribution in [0.15, 0.2) is 42.5 Å². The van der Waals surface area contributed by atoms with Crippen molar-refractivity contribution in [2.45, 2.75) is 31.4 Å². The molecular formula is C26H36N4O7S2. The van der Waals surface area contributed by atoms with Gasteiger partial charge in [0, 0.05) is 38.8 Å². The highest BCUT2D eigenvalue weighted by molar-refractivity contribution is 7.92. The van der Waals surface area contributed by atoms with E-state index in [1.807, 2.05) is 30.3 Å². The molecule has 13 heteroatoms. The van der Waals surface area contributed by atoms with E-state index in [0.717, 1.165) is 24.6 Å². The molecule has 39 heavy (non-hydrogen) atoms. The molecule has 214 valence electrons. The number of hydrogen-bond acceptors (Lipinski definition) is 8. The second-order valence-electron chi connectivity index (χ2n) is 10.2. The maximum Gasteiger partial charge on any atom is 0.260 e. The van der Waals surface area contributed by atoms with E-state index in [1.165, 1.54) is 10.4 Å². The van der Waals surface area contributed by atoms with Crippen molar-refractivity contribution in [1.82, 2.24) is 9.80 Å². The van der Waals surface area contributed by atoms with Gasteiger partial charge in [0.25, 0.3) is 5.91 Å². The van der Waals surface area contributed by atoms with Gasteiger partial charge in [-0.1, -0.05) is 30.3 Å². The first-order chi connectivity index (χ1) is 18.3. The number of hydrogen-bond donors (Lipinski definition) is 2. The number of carbonyl (C=O) groups is 1. The molecule has 0 bridgehead atoms. The van der Waals surface area contributed by atoms with Crippen molar-refractivity contribution < 1.29 is 31.5 Å². The third-order valence-corrected chi connectivity index (χ3v) is 8.80. The summed E-state index contributed by atoms with van der Waals surface area (Å²) >= 11 is 0. The Morgan fingerprint density at radius 2 is 1.85 bits per heavy atom. The van der Waals surface area contributed by atoms with Gasteiger partial charge in [-0.15, -0.1) is 0 Å². The highest BCUT2D eigenvalue weighted by Gasteiger charge is 2.31. The quantitative estimate of drug-likeness (QED) is 0.431. The number of carbonyl (C=O) groups excluding carboxylic acids is 1. The van der Waals surface area contributed by atoms with E-state index >= 15 is 0 Å². The number of nitrogens with zero attached hydrogens (tertiary/aromatic N) is 3. The van der Waals surface area contributed by atoms with E-state index < -0.39 is 20.0 Å². The fourth-order valence-electron chi connectivity index (χ4n) is 5.17. The van der Waals surface area contributed by atoms with Crippen molar-refractivity contribution in [3.05, 3.63) is 53.6 Å². The standard InChI is InChI=1S/C26H36N4O7S2/c1-28(23(19-8-5-4-6-9-19)17-29-15-13-20(31)16-29)25(32)18-37-24-12-11-22(27-38(2,33)34)26-21(24)10-7-14-30(26)39(3,35)36/h4-6,8-9,11-12,20,23,27,31H,7,10,13-18H2,1-3H3/t20-,23+/m0/s1. The summed E-state index contributed by atoms with van der Waals surface area (Å²) < 4.78 is 58.5. The highest BCUT2D eigenvalue weighted by Crippen LogP contribution is 2.42. The number of nitrogens with one attached hydrogen (secondary N) is 1. The van der Waals surface area contributed by atoms with E-state index in [4.69, 9.17) is 4.74 Å². The summed E-state index contributed by atoms with van der Waals surface area (Å²) in [6, 6.07) is 12.4. The zero-order valence-electron chi connectivity index (χ0n) is 22.4. The Morgan fingerprint density at radius 1 is 1.13 bits per heavy atom. The van der Waals surface area contributed by atoms with Crippen LogP contribution < -0.4 is 13.8 Å². The lowest BCUT2D eigenvalue weighted by atomic mass is 10.0. The number of ether oxygens (including phenoxy) is 1. The predicted octanol–water partition coefficient (Wildman–Crippen LogP) is 1.42. The lowest BCUT2D eigenvalue weighted by Gasteiger charge is -2.33. The maximum atomic E-state index is 13.4. The Morgan fingerprint density at radius 3 is 2.46 bits per heavy atom. The fraction of sp³-hybridized carbons (Fsp3) is 0.500. The molecule has 2 aromatic rings. The second-order valence-corrected chi connectivity index (χ2v) is 13.8. The Balaban J connectivity index is 1.57. The maximum absolute atomic E-state index is 13.4. The molecule has 0 saturated carbocycles. The molecule has 11 nitrogen and oxygen atoms in total. The Bertz CT molecular complexity index is 1400. The number of sulfonamides is 2. The zero-order valence-corrected chi connectivity index (χ0v) is 24.0. The molecule has 1 saturated heterocycles. The largest absolute Gasteiger partial charge is 0.483 e. The van der Waals surface area contributed by atoms with Gasteiger partial charge in [0.2, 0.25) is 20.0 Å². The third kappa shape index (κ3) is 7.21. The van der Waals surface area contributed by atoms with Crippen molar-refractivity contribution in [2.75, 3.05) is 61.4 Å². The monoisotopic (exact) mass is 580 g/mol. The van der Waals surface area contributed by atoms with Crippen LogP contribution in [0.3, 0.4) is 0 Å². The molecule has 0 unspecified atom stereocenters. The van der Waals surface area contributed by atoms with Gasteiger partial charge >= 0.3 is 0 Å². The van der Waals surface area contributed by atoms with Crippen LogP contribution in [-0.4, -0.2) is 96.1 Å². The molecule has 1 fully saturated rings. The van der Waals surface area contributed by atoms with E-state index in [1.54, 1.807) is 18.0 Å². The Labute approximate surface area is 230 Å². The first kappa shape index (κ1) is 29.1. The lowest BCUT2D eigenvalue weighted by molar-refractivity contribution is -0.134. The molecule has 0 spiro atoms. The van der Waals surface area contributed by atoms with E-state index in [9.17, 15) is 26.7 Å². The number of benzene rings is 2. The van der Waals surface area contributed by atoms with Crippen molar-refractivity contribution >= 4 is 37.3 Å². The van der Waals surface area contributed by atoms with Gasteiger partial charge < -0.3 is 14.7 Å². The van der Waals surface area contributed by atoms with Gasteiger partial charge in [-0.25, -0.2) is 16.8 Å². The average molecular weight is 581 g/mol. The van der Waals surface area contributed by atoms with E-state index in [2.05, 4.69) is 9.62 Å².